The lowest BCUT2D eigenvalue weighted by molar-refractivity contribution is 0.791. The number of hydrogen-bond donors (Lipinski definition) is 1. The lowest BCUT2D eigenvalue weighted by atomic mass is 10.2. The van der Waals surface area contributed by atoms with Gasteiger partial charge in [-0.25, -0.2) is 0 Å². The second-order valence-corrected chi connectivity index (χ2v) is 5.04. The van der Waals surface area contributed by atoms with Crippen LogP contribution in [0.15, 0.2) is 42.5 Å². The van der Waals surface area contributed by atoms with E-state index in [1.54, 1.807) is 35.0 Å². The molecule has 0 amide bonds. The van der Waals surface area contributed by atoms with Crippen LogP contribution in [-0.2, 0) is 0 Å². The highest BCUT2D eigenvalue weighted by Crippen LogP contribution is 2.25. The third-order valence-electron chi connectivity index (χ3n) is 2.71. The van der Waals surface area contributed by atoms with E-state index in [9.17, 15) is 0 Å². The van der Waals surface area contributed by atoms with Crippen LogP contribution < -0.4 is 5.73 Å². The first-order valence-corrected chi connectivity index (χ1v) is 6.50. The Morgan fingerprint density at radius 1 is 1.00 bits per heavy atom. The van der Waals surface area contributed by atoms with E-state index < -0.39 is 0 Å². The highest BCUT2D eigenvalue weighted by molar-refractivity contribution is 6.34. The van der Waals surface area contributed by atoms with Gasteiger partial charge in [0.1, 0.15) is 0 Å². The molecule has 0 saturated heterocycles. The monoisotopic (exact) mass is 305 g/mol. The molecular weight excluding hydrogens is 297 g/mol. The van der Waals surface area contributed by atoms with Crippen molar-refractivity contribution in [3.05, 3.63) is 52.5 Å². The molecule has 0 radical (unpaired) electrons. The predicted octanol–water partition coefficient (Wildman–Crippen LogP) is 3.22. The van der Waals surface area contributed by atoms with Gasteiger partial charge in [0.05, 0.1) is 5.69 Å². The highest BCUT2D eigenvalue weighted by Gasteiger charge is 2.12. The summed E-state index contributed by atoms with van der Waals surface area (Å²) in [6.07, 6.45) is 0. The molecule has 0 atom stereocenters. The van der Waals surface area contributed by atoms with Crippen molar-refractivity contribution in [3.8, 4) is 17.1 Å². The molecule has 1 heterocycles. The predicted molar refractivity (Wildman–Crippen MR) is 79.0 cm³/mol. The zero-order valence-electron chi connectivity index (χ0n) is 10.2. The first kappa shape index (κ1) is 12.9. The van der Waals surface area contributed by atoms with E-state index in [1.165, 1.54) is 0 Å². The number of anilines is 1. The standard InChI is InChI=1S/C13H9Cl2N5/c14-9-5-10(15)7-12(6-9)20-13(17-18-19-20)8-2-1-3-11(16)4-8/h1-7H,16H2. The summed E-state index contributed by atoms with van der Waals surface area (Å²) in [5, 5.41) is 12.7. The molecule has 0 aliphatic heterocycles. The lowest BCUT2D eigenvalue weighted by Crippen LogP contribution is -2.00. The fourth-order valence-electron chi connectivity index (χ4n) is 1.88. The van der Waals surface area contributed by atoms with Crippen LogP contribution in [0.25, 0.3) is 17.1 Å². The Kier molecular flexibility index (Phi) is 3.30. The number of hydrogen-bond acceptors (Lipinski definition) is 4. The summed E-state index contributed by atoms with van der Waals surface area (Å²) in [5.41, 5.74) is 7.92. The Morgan fingerprint density at radius 3 is 2.45 bits per heavy atom. The summed E-state index contributed by atoms with van der Waals surface area (Å²) >= 11 is 12.0. The molecule has 0 saturated carbocycles. The van der Waals surface area contributed by atoms with Gasteiger partial charge < -0.3 is 5.73 Å². The van der Waals surface area contributed by atoms with Gasteiger partial charge >= 0.3 is 0 Å². The number of halogens is 2. The van der Waals surface area contributed by atoms with Gasteiger partial charge in [0.15, 0.2) is 5.82 Å². The van der Waals surface area contributed by atoms with E-state index in [1.807, 2.05) is 12.1 Å². The van der Waals surface area contributed by atoms with Crippen LogP contribution in [0.5, 0.6) is 0 Å². The maximum atomic E-state index is 6.00. The van der Waals surface area contributed by atoms with Gasteiger partial charge in [-0.3, -0.25) is 0 Å². The average molecular weight is 306 g/mol. The van der Waals surface area contributed by atoms with Crippen molar-refractivity contribution in [2.45, 2.75) is 0 Å². The van der Waals surface area contributed by atoms with Crippen molar-refractivity contribution < 1.29 is 0 Å². The number of nitrogen functional groups attached to an aromatic ring is 1. The summed E-state index contributed by atoms with van der Waals surface area (Å²) in [5.74, 6) is 0.565. The molecule has 2 N–H and O–H groups in total. The molecule has 0 aliphatic rings. The minimum absolute atomic E-state index is 0.515. The molecule has 100 valence electrons. The summed E-state index contributed by atoms with van der Waals surface area (Å²) in [6.45, 7) is 0. The van der Waals surface area contributed by atoms with Crippen LogP contribution in [0, 0.1) is 0 Å². The Bertz CT molecular complexity index is 749. The lowest BCUT2D eigenvalue weighted by Gasteiger charge is -2.06. The average Bonchev–Trinajstić information content (AvgIpc) is 2.86. The summed E-state index contributed by atoms with van der Waals surface area (Å²) < 4.78 is 1.56. The van der Waals surface area contributed by atoms with Crippen LogP contribution in [0.4, 0.5) is 5.69 Å². The van der Waals surface area contributed by atoms with Gasteiger partial charge in [-0.1, -0.05) is 35.3 Å². The van der Waals surface area contributed by atoms with Crippen LogP contribution >= 0.6 is 23.2 Å². The molecule has 0 spiro atoms. The fraction of sp³-hybridized carbons (Fsp3) is 0. The van der Waals surface area contributed by atoms with Crippen LogP contribution in [-0.4, -0.2) is 20.2 Å². The maximum Gasteiger partial charge on any atom is 0.187 e. The minimum Gasteiger partial charge on any atom is -0.399 e. The zero-order valence-corrected chi connectivity index (χ0v) is 11.7. The zero-order chi connectivity index (χ0) is 14.1. The van der Waals surface area contributed by atoms with E-state index in [4.69, 9.17) is 28.9 Å². The van der Waals surface area contributed by atoms with Gasteiger partial charge in [-0.05, 0) is 40.8 Å². The van der Waals surface area contributed by atoms with Crippen molar-refractivity contribution in [2.24, 2.45) is 0 Å². The molecular formula is C13H9Cl2N5. The Morgan fingerprint density at radius 2 is 1.75 bits per heavy atom. The largest absolute Gasteiger partial charge is 0.399 e. The summed E-state index contributed by atoms with van der Waals surface area (Å²) in [7, 11) is 0. The van der Waals surface area contributed by atoms with Crippen molar-refractivity contribution >= 4 is 28.9 Å². The second kappa shape index (κ2) is 5.11. The molecule has 7 heteroatoms. The van der Waals surface area contributed by atoms with Gasteiger partial charge in [0, 0.05) is 21.3 Å². The van der Waals surface area contributed by atoms with Crippen molar-refractivity contribution in [2.75, 3.05) is 5.73 Å². The first-order chi connectivity index (χ1) is 9.63. The molecule has 0 unspecified atom stereocenters. The smallest absolute Gasteiger partial charge is 0.187 e. The van der Waals surface area contributed by atoms with Crippen molar-refractivity contribution in [1.82, 2.24) is 20.2 Å². The van der Waals surface area contributed by atoms with Gasteiger partial charge in [-0.2, -0.15) is 4.68 Å². The fourth-order valence-corrected chi connectivity index (χ4v) is 2.39. The van der Waals surface area contributed by atoms with Gasteiger partial charge in [0.2, 0.25) is 0 Å². The van der Waals surface area contributed by atoms with E-state index in [2.05, 4.69) is 15.5 Å². The molecule has 0 bridgehead atoms. The Hall–Kier alpha value is -2.11. The summed E-state index contributed by atoms with van der Waals surface area (Å²) in [4.78, 5) is 0. The van der Waals surface area contributed by atoms with E-state index >= 15 is 0 Å². The molecule has 5 nitrogen and oxygen atoms in total. The first-order valence-electron chi connectivity index (χ1n) is 5.74. The third-order valence-corrected chi connectivity index (χ3v) is 3.14. The van der Waals surface area contributed by atoms with Gasteiger partial charge in [0.25, 0.3) is 0 Å². The molecule has 3 rings (SSSR count). The number of nitrogens with two attached hydrogens (primary N) is 1. The number of tetrazole rings is 1. The van der Waals surface area contributed by atoms with Crippen LogP contribution in [0.1, 0.15) is 0 Å². The molecule has 0 fully saturated rings. The minimum atomic E-state index is 0.515. The SMILES string of the molecule is Nc1cccc(-c2nnnn2-c2cc(Cl)cc(Cl)c2)c1. The summed E-state index contributed by atoms with van der Waals surface area (Å²) in [6, 6.07) is 12.4. The quantitative estimate of drug-likeness (QED) is 0.738. The number of benzene rings is 2. The number of rotatable bonds is 2. The maximum absolute atomic E-state index is 6.00. The Labute approximate surface area is 124 Å². The molecule has 3 aromatic rings. The highest BCUT2D eigenvalue weighted by atomic mass is 35.5. The van der Waals surface area contributed by atoms with Crippen LogP contribution in [0.2, 0.25) is 10.0 Å². The third kappa shape index (κ3) is 2.45. The van der Waals surface area contributed by atoms with Crippen molar-refractivity contribution in [3.63, 3.8) is 0 Å². The normalized spacial score (nSPS) is 10.7. The molecule has 1 aromatic heterocycles. The second-order valence-electron chi connectivity index (χ2n) is 4.17. The Balaban J connectivity index is 2.15. The topological polar surface area (TPSA) is 69.6 Å². The van der Waals surface area contributed by atoms with Gasteiger partial charge in [-0.15, -0.1) is 5.10 Å². The molecule has 0 aliphatic carbocycles. The molecule has 20 heavy (non-hydrogen) atoms. The van der Waals surface area contributed by atoms with Crippen molar-refractivity contribution in [1.29, 1.82) is 0 Å². The van der Waals surface area contributed by atoms with Crippen LogP contribution in [0.3, 0.4) is 0 Å². The molecule has 2 aromatic carbocycles. The number of nitrogens with zero attached hydrogens (tertiary/aromatic N) is 4. The van der Waals surface area contributed by atoms with E-state index in [-0.39, 0.29) is 0 Å². The number of aromatic nitrogens is 4. The van der Waals surface area contributed by atoms with E-state index in [0.29, 0.717) is 27.2 Å². The van der Waals surface area contributed by atoms with E-state index in [0.717, 1.165) is 5.56 Å².